The van der Waals surface area contributed by atoms with Crippen molar-refractivity contribution >= 4 is 11.6 Å². The van der Waals surface area contributed by atoms with E-state index in [0.29, 0.717) is 11.8 Å². The third-order valence-corrected chi connectivity index (χ3v) is 4.16. The lowest BCUT2D eigenvalue weighted by molar-refractivity contribution is 0.241. The molecule has 0 aliphatic carbocycles. The van der Waals surface area contributed by atoms with E-state index < -0.39 is 0 Å². The summed E-state index contributed by atoms with van der Waals surface area (Å²) in [6.45, 7) is 8.31. The first-order valence-electron chi connectivity index (χ1n) is 9.18. The van der Waals surface area contributed by atoms with Crippen LogP contribution < -0.4 is 20.1 Å². The van der Waals surface area contributed by atoms with E-state index >= 15 is 0 Å². The second-order valence-corrected chi connectivity index (χ2v) is 6.39. The summed E-state index contributed by atoms with van der Waals surface area (Å²) in [5.74, 6) is 2.97. The molecule has 0 bridgehead atoms. The van der Waals surface area contributed by atoms with Crippen LogP contribution in [0.5, 0.6) is 11.5 Å². The molecule has 0 radical (unpaired) electrons. The SMILES string of the molecule is CCC(CC)Nc1ncc(-c2ccc(OC(C)C)cc2OC)nc1NC. The monoisotopic (exact) mass is 358 g/mol. The summed E-state index contributed by atoms with van der Waals surface area (Å²) < 4.78 is 11.3. The predicted octanol–water partition coefficient (Wildman–Crippen LogP) is 4.58. The number of anilines is 2. The van der Waals surface area contributed by atoms with Gasteiger partial charge in [0.15, 0.2) is 11.6 Å². The Balaban J connectivity index is 2.36. The summed E-state index contributed by atoms with van der Waals surface area (Å²) in [4.78, 5) is 9.31. The van der Waals surface area contributed by atoms with Gasteiger partial charge in [-0.25, -0.2) is 9.97 Å². The van der Waals surface area contributed by atoms with Crippen molar-refractivity contribution in [2.24, 2.45) is 0 Å². The maximum atomic E-state index is 5.74. The van der Waals surface area contributed by atoms with Crippen LogP contribution in [0.2, 0.25) is 0 Å². The van der Waals surface area contributed by atoms with Gasteiger partial charge in [0.25, 0.3) is 0 Å². The van der Waals surface area contributed by atoms with Gasteiger partial charge in [-0.2, -0.15) is 0 Å². The average molecular weight is 358 g/mol. The number of rotatable bonds is 9. The number of ether oxygens (including phenoxy) is 2. The van der Waals surface area contributed by atoms with Gasteiger partial charge < -0.3 is 20.1 Å². The van der Waals surface area contributed by atoms with Gasteiger partial charge in [-0.05, 0) is 38.8 Å². The molecule has 0 atom stereocenters. The summed E-state index contributed by atoms with van der Waals surface area (Å²) in [6.07, 6.45) is 3.95. The molecule has 0 aliphatic heterocycles. The number of benzene rings is 1. The molecule has 0 saturated carbocycles. The molecule has 2 N–H and O–H groups in total. The van der Waals surface area contributed by atoms with Crippen LogP contribution in [0.1, 0.15) is 40.5 Å². The van der Waals surface area contributed by atoms with Crippen LogP contribution in [-0.4, -0.2) is 36.3 Å². The van der Waals surface area contributed by atoms with E-state index in [1.807, 2.05) is 39.1 Å². The molecule has 1 aromatic heterocycles. The van der Waals surface area contributed by atoms with Crippen LogP contribution in [0.15, 0.2) is 24.4 Å². The van der Waals surface area contributed by atoms with Crippen LogP contribution in [0.4, 0.5) is 11.6 Å². The quantitative estimate of drug-likeness (QED) is 0.684. The number of hydrogen-bond donors (Lipinski definition) is 2. The van der Waals surface area contributed by atoms with Crippen molar-refractivity contribution < 1.29 is 9.47 Å². The highest BCUT2D eigenvalue weighted by Gasteiger charge is 2.14. The van der Waals surface area contributed by atoms with Gasteiger partial charge in [-0.15, -0.1) is 0 Å². The topological polar surface area (TPSA) is 68.3 Å². The number of aromatic nitrogens is 2. The van der Waals surface area contributed by atoms with Crippen molar-refractivity contribution in [3.63, 3.8) is 0 Å². The fourth-order valence-corrected chi connectivity index (χ4v) is 2.71. The summed E-state index contributed by atoms with van der Waals surface area (Å²) in [7, 11) is 3.50. The summed E-state index contributed by atoms with van der Waals surface area (Å²) in [5.41, 5.74) is 1.62. The molecule has 6 heteroatoms. The number of nitrogens with one attached hydrogen (secondary N) is 2. The van der Waals surface area contributed by atoms with Crippen LogP contribution in [0.25, 0.3) is 11.3 Å². The summed E-state index contributed by atoms with van der Waals surface area (Å²) in [5, 5.41) is 6.58. The Bertz CT molecular complexity index is 715. The lowest BCUT2D eigenvalue weighted by Gasteiger charge is -2.18. The van der Waals surface area contributed by atoms with Crippen LogP contribution in [0, 0.1) is 0 Å². The first-order chi connectivity index (χ1) is 12.5. The maximum Gasteiger partial charge on any atom is 0.169 e. The first kappa shape index (κ1) is 19.8. The fraction of sp³-hybridized carbons (Fsp3) is 0.500. The predicted molar refractivity (Wildman–Crippen MR) is 107 cm³/mol. The van der Waals surface area contributed by atoms with E-state index in [9.17, 15) is 0 Å². The number of methoxy groups -OCH3 is 1. The van der Waals surface area contributed by atoms with Crippen molar-refractivity contribution in [3.05, 3.63) is 24.4 Å². The molecule has 0 unspecified atom stereocenters. The second kappa shape index (κ2) is 9.27. The van der Waals surface area contributed by atoms with Gasteiger partial charge in [0.1, 0.15) is 11.5 Å². The maximum absolute atomic E-state index is 5.74. The van der Waals surface area contributed by atoms with Gasteiger partial charge in [0.2, 0.25) is 0 Å². The zero-order valence-electron chi connectivity index (χ0n) is 16.6. The van der Waals surface area contributed by atoms with Gasteiger partial charge in [-0.3, -0.25) is 0 Å². The molecule has 0 saturated heterocycles. The third-order valence-electron chi connectivity index (χ3n) is 4.16. The first-order valence-corrected chi connectivity index (χ1v) is 9.18. The Morgan fingerprint density at radius 1 is 1.12 bits per heavy atom. The molecule has 26 heavy (non-hydrogen) atoms. The molecule has 0 amide bonds. The Kier molecular flexibility index (Phi) is 7.06. The minimum atomic E-state index is 0.108. The summed E-state index contributed by atoms with van der Waals surface area (Å²) in [6, 6.07) is 6.14. The Morgan fingerprint density at radius 2 is 1.85 bits per heavy atom. The van der Waals surface area contributed by atoms with Crippen molar-refractivity contribution in [2.75, 3.05) is 24.8 Å². The molecule has 142 valence electrons. The van der Waals surface area contributed by atoms with Crippen molar-refractivity contribution in [1.82, 2.24) is 9.97 Å². The van der Waals surface area contributed by atoms with E-state index in [-0.39, 0.29) is 6.10 Å². The van der Waals surface area contributed by atoms with Gasteiger partial charge in [-0.1, -0.05) is 13.8 Å². The minimum Gasteiger partial charge on any atom is -0.496 e. The van der Waals surface area contributed by atoms with Crippen molar-refractivity contribution in [3.8, 4) is 22.8 Å². The van der Waals surface area contributed by atoms with Gasteiger partial charge in [0, 0.05) is 24.7 Å². The average Bonchev–Trinajstić information content (AvgIpc) is 2.65. The molecule has 0 spiro atoms. The molecule has 0 fully saturated rings. The summed E-state index contributed by atoms with van der Waals surface area (Å²) >= 11 is 0. The van der Waals surface area contributed by atoms with E-state index in [1.54, 1.807) is 13.3 Å². The van der Waals surface area contributed by atoms with Crippen molar-refractivity contribution in [1.29, 1.82) is 0 Å². The van der Waals surface area contributed by atoms with Crippen LogP contribution in [-0.2, 0) is 0 Å². The molecule has 6 nitrogen and oxygen atoms in total. The highest BCUT2D eigenvalue weighted by Crippen LogP contribution is 2.34. The van der Waals surface area contributed by atoms with E-state index in [1.165, 1.54) is 0 Å². The Morgan fingerprint density at radius 3 is 2.42 bits per heavy atom. The smallest absolute Gasteiger partial charge is 0.169 e. The molecule has 1 aromatic carbocycles. The number of nitrogens with zero attached hydrogens (tertiary/aromatic N) is 2. The normalized spacial score (nSPS) is 10.9. The number of hydrogen-bond acceptors (Lipinski definition) is 6. The van der Waals surface area contributed by atoms with E-state index in [4.69, 9.17) is 14.5 Å². The zero-order valence-corrected chi connectivity index (χ0v) is 16.6. The Labute approximate surface area is 156 Å². The van der Waals surface area contributed by atoms with Gasteiger partial charge in [0.05, 0.1) is 25.1 Å². The Hall–Kier alpha value is -2.50. The van der Waals surface area contributed by atoms with E-state index in [0.717, 1.165) is 41.5 Å². The molecule has 1 heterocycles. The lowest BCUT2D eigenvalue weighted by atomic mass is 10.1. The third kappa shape index (κ3) is 4.77. The molecular weight excluding hydrogens is 328 g/mol. The largest absolute Gasteiger partial charge is 0.496 e. The van der Waals surface area contributed by atoms with Gasteiger partial charge >= 0.3 is 0 Å². The highest BCUT2D eigenvalue weighted by molar-refractivity contribution is 5.72. The van der Waals surface area contributed by atoms with Crippen LogP contribution >= 0.6 is 0 Å². The zero-order chi connectivity index (χ0) is 19.1. The standard InChI is InChI=1S/C20H30N4O2/c1-7-14(8-2)23-20-19(21-5)24-17(12-22-20)16-10-9-15(26-13(3)4)11-18(16)25-6/h9-14H,7-8H2,1-6H3,(H,21,24)(H,22,23). The fourth-order valence-electron chi connectivity index (χ4n) is 2.71. The minimum absolute atomic E-state index is 0.108. The lowest BCUT2D eigenvalue weighted by Crippen LogP contribution is -2.19. The molecule has 0 aliphatic rings. The second-order valence-electron chi connectivity index (χ2n) is 6.39. The molecule has 2 rings (SSSR count). The molecular formula is C20H30N4O2. The van der Waals surface area contributed by atoms with Crippen LogP contribution in [0.3, 0.4) is 0 Å². The van der Waals surface area contributed by atoms with Crippen molar-refractivity contribution in [2.45, 2.75) is 52.7 Å². The van der Waals surface area contributed by atoms with E-state index in [2.05, 4.69) is 29.5 Å². The molecule has 2 aromatic rings. The highest BCUT2D eigenvalue weighted by atomic mass is 16.5.